The summed E-state index contributed by atoms with van der Waals surface area (Å²) in [5.74, 6) is 0.576. The summed E-state index contributed by atoms with van der Waals surface area (Å²) < 4.78 is 0. The third-order valence-corrected chi connectivity index (χ3v) is 5.21. The third kappa shape index (κ3) is 6.23. The Morgan fingerprint density at radius 2 is 1.91 bits per heavy atom. The Morgan fingerprint density at radius 3 is 2.59 bits per heavy atom. The first-order valence-electron chi connectivity index (χ1n) is 8.95. The largest absolute Gasteiger partial charge is 0.481 e. The Balaban J connectivity index is 1.78. The van der Waals surface area contributed by atoms with Gasteiger partial charge in [0, 0.05) is 32.3 Å². The van der Waals surface area contributed by atoms with Crippen LogP contribution in [0.15, 0.2) is 0 Å². The van der Waals surface area contributed by atoms with E-state index in [0.717, 1.165) is 38.4 Å². The number of aliphatic hydroxyl groups excluding tert-OH is 1. The molecule has 0 aromatic rings. The lowest BCUT2D eigenvalue weighted by atomic mass is 9.88. The number of aliphatic hydroxyl groups is 1. The minimum absolute atomic E-state index is 0.210. The number of piperidine rings is 1. The summed E-state index contributed by atoms with van der Waals surface area (Å²) in [6.07, 6.45) is 8.97. The van der Waals surface area contributed by atoms with Crippen LogP contribution < -0.4 is 5.32 Å². The maximum Gasteiger partial charge on any atom is 0.304 e. The zero-order valence-corrected chi connectivity index (χ0v) is 13.7. The third-order valence-electron chi connectivity index (χ3n) is 5.21. The predicted molar refractivity (Wildman–Crippen MR) is 86.9 cm³/mol. The van der Waals surface area contributed by atoms with Gasteiger partial charge in [0.1, 0.15) is 0 Å². The van der Waals surface area contributed by atoms with Gasteiger partial charge in [-0.3, -0.25) is 4.79 Å². The van der Waals surface area contributed by atoms with Crippen molar-refractivity contribution >= 4 is 5.97 Å². The second kappa shape index (κ2) is 9.48. The van der Waals surface area contributed by atoms with E-state index in [1.807, 2.05) is 0 Å². The molecular weight excluding hydrogens is 280 g/mol. The number of carboxylic acid groups (broad SMARTS) is 1. The van der Waals surface area contributed by atoms with Crippen LogP contribution in [0.5, 0.6) is 0 Å². The van der Waals surface area contributed by atoms with Crippen LogP contribution in [0.3, 0.4) is 0 Å². The van der Waals surface area contributed by atoms with Crippen molar-refractivity contribution < 1.29 is 15.0 Å². The van der Waals surface area contributed by atoms with Crippen LogP contribution in [0.1, 0.15) is 51.4 Å². The number of hydrogen-bond acceptors (Lipinski definition) is 4. The van der Waals surface area contributed by atoms with Gasteiger partial charge < -0.3 is 20.4 Å². The summed E-state index contributed by atoms with van der Waals surface area (Å²) in [6, 6.07) is 0.445. The number of carbonyl (C=O) groups is 1. The highest BCUT2D eigenvalue weighted by Gasteiger charge is 2.27. The van der Waals surface area contributed by atoms with Crippen molar-refractivity contribution in [2.75, 3.05) is 32.8 Å². The molecule has 0 spiro atoms. The van der Waals surface area contributed by atoms with Crippen LogP contribution >= 0.6 is 0 Å². The molecule has 1 aliphatic carbocycles. The van der Waals surface area contributed by atoms with Gasteiger partial charge in [-0.2, -0.15) is 0 Å². The van der Waals surface area contributed by atoms with Crippen molar-refractivity contribution in [3.05, 3.63) is 0 Å². The number of nitrogens with one attached hydrogen (secondary N) is 1. The Labute approximate surface area is 134 Å². The first-order valence-corrected chi connectivity index (χ1v) is 8.95. The van der Waals surface area contributed by atoms with Gasteiger partial charge in [0.15, 0.2) is 0 Å². The molecule has 0 aromatic carbocycles. The van der Waals surface area contributed by atoms with Crippen LogP contribution in [-0.4, -0.2) is 59.9 Å². The fourth-order valence-electron chi connectivity index (χ4n) is 4.00. The summed E-state index contributed by atoms with van der Waals surface area (Å²) in [5.41, 5.74) is 0. The van der Waals surface area contributed by atoms with Crippen molar-refractivity contribution in [1.29, 1.82) is 0 Å². The molecule has 5 heteroatoms. The Kier molecular flexibility index (Phi) is 7.63. The number of nitrogens with zero attached hydrogens (tertiary/aromatic N) is 1. The van der Waals surface area contributed by atoms with E-state index in [1.54, 1.807) is 0 Å². The van der Waals surface area contributed by atoms with Crippen LogP contribution in [0.4, 0.5) is 0 Å². The van der Waals surface area contributed by atoms with E-state index in [4.69, 9.17) is 5.11 Å². The number of carboxylic acids is 1. The van der Waals surface area contributed by atoms with Crippen LogP contribution in [0.2, 0.25) is 0 Å². The number of rotatable bonds is 8. The Hall–Kier alpha value is -0.650. The van der Waals surface area contributed by atoms with Gasteiger partial charge in [0.05, 0.1) is 6.42 Å². The fourth-order valence-corrected chi connectivity index (χ4v) is 4.00. The molecule has 2 atom stereocenters. The van der Waals surface area contributed by atoms with Gasteiger partial charge in [-0.15, -0.1) is 0 Å². The molecule has 0 aromatic heterocycles. The second-order valence-electron chi connectivity index (χ2n) is 7.13. The molecule has 1 heterocycles. The first-order chi connectivity index (χ1) is 10.7. The lowest BCUT2D eigenvalue weighted by Crippen LogP contribution is -2.50. The lowest BCUT2D eigenvalue weighted by molar-refractivity contribution is -0.137. The molecule has 0 bridgehead atoms. The molecular formula is C17H32N2O3. The molecule has 5 nitrogen and oxygen atoms in total. The van der Waals surface area contributed by atoms with Gasteiger partial charge in [0.25, 0.3) is 0 Å². The predicted octanol–water partition coefficient (Wildman–Crippen LogP) is 1.70. The van der Waals surface area contributed by atoms with Gasteiger partial charge in [0.2, 0.25) is 0 Å². The highest BCUT2D eigenvalue weighted by atomic mass is 16.4. The normalized spacial score (nSPS) is 27.9. The number of likely N-dealkylation sites (tertiary alicyclic amines) is 1. The topological polar surface area (TPSA) is 72.8 Å². The van der Waals surface area contributed by atoms with Crippen molar-refractivity contribution in [3.63, 3.8) is 0 Å². The molecule has 0 amide bonds. The van der Waals surface area contributed by atoms with Crippen LogP contribution in [0, 0.1) is 11.8 Å². The summed E-state index contributed by atoms with van der Waals surface area (Å²) >= 11 is 0. The Morgan fingerprint density at radius 1 is 1.14 bits per heavy atom. The monoisotopic (exact) mass is 312 g/mol. The molecule has 1 saturated carbocycles. The van der Waals surface area contributed by atoms with Gasteiger partial charge in [-0.05, 0) is 44.1 Å². The van der Waals surface area contributed by atoms with E-state index >= 15 is 0 Å². The van der Waals surface area contributed by atoms with E-state index in [9.17, 15) is 9.90 Å². The Bertz CT molecular complexity index is 332. The molecule has 2 rings (SSSR count). The molecule has 22 heavy (non-hydrogen) atoms. The summed E-state index contributed by atoms with van der Waals surface area (Å²) in [7, 11) is 0. The van der Waals surface area contributed by atoms with Gasteiger partial charge in [-0.25, -0.2) is 0 Å². The standard InChI is InChI=1S/C17H32N2O3/c20-9-7-15-10-16(13-19(12-15)8-6-17(21)22)18-11-14-4-2-1-3-5-14/h14-16,18,20H,1-13H2,(H,21,22). The molecule has 0 radical (unpaired) electrons. The van der Waals surface area contributed by atoms with Gasteiger partial charge in [-0.1, -0.05) is 19.3 Å². The van der Waals surface area contributed by atoms with Crippen LogP contribution in [0.25, 0.3) is 0 Å². The smallest absolute Gasteiger partial charge is 0.304 e. The van der Waals surface area contributed by atoms with Gasteiger partial charge >= 0.3 is 5.97 Å². The quantitative estimate of drug-likeness (QED) is 0.636. The SMILES string of the molecule is O=C(O)CCN1CC(CCO)CC(NCC2CCCCC2)C1. The zero-order chi connectivity index (χ0) is 15.8. The molecule has 1 aliphatic heterocycles. The molecule has 2 fully saturated rings. The average Bonchev–Trinajstić information content (AvgIpc) is 2.52. The van der Waals surface area contributed by atoms with Crippen molar-refractivity contribution in [2.24, 2.45) is 11.8 Å². The minimum Gasteiger partial charge on any atom is -0.481 e. The van der Waals surface area contributed by atoms with E-state index in [0.29, 0.717) is 18.5 Å². The molecule has 2 unspecified atom stereocenters. The minimum atomic E-state index is -0.726. The van der Waals surface area contributed by atoms with E-state index in [1.165, 1.54) is 32.1 Å². The highest BCUT2D eigenvalue weighted by Crippen LogP contribution is 2.24. The maximum atomic E-state index is 10.8. The summed E-state index contributed by atoms with van der Waals surface area (Å²) in [4.78, 5) is 13.0. The molecule has 3 N–H and O–H groups in total. The van der Waals surface area contributed by atoms with E-state index in [2.05, 4.69) is 10.2 Å². The number of hydrogen-bond donors (Lipinski definition) is 3. The van der Waals surface area contributed by atoms with E-state index < -0.39 is 5.97 Å². The summed E-state index contributed by atoms with van der Waals surface area (Å²) in [5, 5.41) is 21.8. The van der Waals surface area contributed by atoms with E-state index in [-0.39, 0.29) is 13.0 Å². The number of aliphatic carboxylic acids is 1. The summed E-state index contributed by atoms with van der Waals surface area (Å²) in [6.45, 7) is 3.83. The molecule has 1 saturated heterocycles. The first kappa shape index (κ1) is 17.7. The molecule has 128 valence electrons. The fraction of sp³-hybridized carbons (Fsp3) is 0.941. The highest BCUT2D eigenvalue weighted by molar-refractivity contribution is 5.66. The average molecular weight is 312 g/mol. The lowest BCUT2D eigenvalue weighted by Gasteiger charge is -2.38. The van der Waals surface area contributed by atoms with Crippen molar-refractivity contribution in [1.82, 2.24) is 10.2 Å². The zero-order valence-electron chi connectivity index (χ0n) is 13.7. The molecule has 2 aliphatic rings. The van der Waals surface area contributed by atoms with Crippen molar-refractivity contribution in [2.45, 2.75) is 57.4 Å². The second-order valence-corrected chi connectivity index (χ2v) is 7.13. The maximum absolute atomic E-state index is 10.8. The van der Waals surface area contributed by atoms with Crippen molar-refractivity contribution in [3.8, 4) is 0 Å². The van der Waals surface area contributed by atoms with Crippen LogP contribution in [-0.2, 0) is 4.79 Å².